The summed E-state index contributed by atoms with van der Waals surface area (Å²) in [6.07, 6.45) is 2.98. The van der Waals surface area contributed by atoms with Crippen molar-refractivity contribution in [3.63, 3.8) is 0 Å². The predicted octanol–water partition coefficient (Wildman–Crippen LogP) is 2.08. The van der Waals surface area contributed by atoms with Crippen LogP contribution in [-0.4, -0.2) is 43.0 Å². The van der Waals surface area contributed by atoms with Crippen LogP contribution in [0, 0.1) is 6.92 Å². The van der Waals surface area contributed by atoms with Crippen molar-refractivity contribution in [2.24, 2.45) is 0 Å². The lowest BCUT2D eigenvalue weighted by molar-refractivity contribution is -0.116. The Kier molecular flexibility index (Phi) is 5.80. The van der Waals surface area contributed by atoms with Crippen molar-refractivity contribution in [3.8, 4) is 0 Å². The highest BCUT2D eigenvalue weighted by molar-refractivity contribution is 5.93. The van der Waals surface area contributed by atoms with Gasteiger partial charge in [-0.3, -0.25) is 14.9 Å². The van der Waals surface area contributed by atoms with Crippen LogP contribution in [0.3, 0.4) is 0 Å². The second-order valence-electron chi connectivity index (χ2n) is 4.93. The summed E-state index contributed by atoms with van der Waals surface area (Å²) in [5.41, 5.74) is 0. The van der Waals surface area contributed by atoms with E-state index in [9.17, 15) is 9.59 Å². The van der Waals surface area contributed by atoms with E-state index >= 15 is 0 Å². The van der Waals surface area contributed by atoms with E-state index in [1.54, 1.807) is 17.0 Å². The van der Waals surface area contributed by atoms with Crippen molar-refractivity contribution in [2.75, 3.05) is 31.6 Å². The number of morpholine rings is 1. The highest BCUT2D eigenvalue weighted by atomic mass is 16.5. The van der Waals surface area contributed by atoms with Crippen LogP contribution in [0.5, 0.6) is 0 Å². The van der Waals surface area contributed by atoms with Gasteiger partial charge in [-0.1, -0.05) is 19.8 Å². The summed E-state index contributed by atoms with van der Waals surface area (Å²) in [5, 5.41) is 2.66. The predicted molar refractivity (Wildman–Crippen MR) is 77.9 cm³/mol. The molecule has 6 nitrogen and oxygen atoms in total. The van der Waals surface area contributed by atoms with Crippen molar-refractivity contribution in [2.45, 2.75) is 25.7 Å². The third-order valence-electron chi connectivity index (χ3n) is 3.28. The molecule has 0 unspecified atom stereocenters. The number of unbranched alkanes of at least 4 members (excludes halogenated alkanes) is 2. The zero-order chi connectivity index (χ0) is 15.1. The van der Waals surface area contributed by atoms with Crippen molar-refractivity contribution in [3.05, 3.63) is 24.8 Å². The minimum atomic E-state index is -0.171. The third kappa shape index (κ3) is 4.60. The summed E-state index contributed by atoms with van der Waals surface area (Å²) in [4.78, 5) is 25.5. The van der Waals surface area contributed by atoms with Crippen molar-refractivity contribution in [1.82, 2.24) is 4.90 Å². The quantitative estimate of drug-likeness (QED) is 0.815. The molecule has 1 aliphatic rings. The Morgan fingerprint density at radius 2 is 2.00 bits per heavy atom. The average Bonchev–Trinajstić information content (AvgIpc) is 2.96. The van der Waals surface area contributed by atoms with Gasteiger partial charge in [0.25, 0.3) is 5.91 Å². The van der Waals surface area contributed by atoms with E-state index in [1.165, 1.54) is 0 Å². The minimum absolute atomic E-state index is 0.108. The second-order valence-corrected chi connectivity index (χ2v) is 4.93. The Morgan fingerprint density at radius 3 is 2.71 bits per heavy atom. The molecule has 0 spiro atoms. The monoisotopic (exact) mass is 293 g/mol. The highest BCUT2D eigenvalue weighted by Crippen LogP contribution is 2.16. The van der Waals surface area contributed by atoms with Gasteiger partial charge in [0.2, 0.25) is 5.91 Å². The van der Waals surface area contributed by atoms with E-state index < -0.39 is 0 Å². The Bertz CT molecular complexity index is 478. The summed E-state index contributed by atoms with van der Waals surface area (Å²) >= 11 is 0. The number of carbonyl (C=O) groups is 2. The SMILES string of the molecule is [CH2]CCCCC(=O)Nc1ccc(C(=O)N2CCOCC2)o1. The summed E-state index contributed by atoms with van der Waals surface area (Å²) in [6.45, 7) is 5.94. The summed E-state index contributed by atoms with van der Waals surface area (Å²) in [7, 11) is 0. The maximum atomic E-state index is 12.2. The van der Waals surface area contributed by atoms with Gasteiger partial charge in [-0.25, -0.2) is 0 Å². The largest absolute Gasteiger partial charge is 0.435 e. The number of rotatable bonds is 6. The van der Waals surface area contributed by atoms with Gasteiger partial charge in [-0.05, 0) is 12.5 Å². The summed E-state index contributed by atoms with van der Waals surface area (Å²) in [6, 6.07) is 3.19. The van der Waals surface area contributed by atoms with Crippen LogP contribution in [0.25, 0.3) is 0 Å². The van der Waals surface area contributed by atoms with Gasteiger partial charge in [0, 0.05) is 25.6 Å². The Morgan fingerprint density at radius 1 is 1.24 bits per heavy atom. The number of furan rings is 1. The van der Waals surface area contributed by atoms with Gasteiger partial charge < -0.3 is 14.1 Å². The van der Waals surface area contributed by atoms with Crippen LogP contribution < -0.4 is 5.32 Å². The van der Waals surface area contributed by atoms with Crippen LogP contribution in [0.4, 0.5) is 5.88 Å². The van der Waals surface area contributed by atoms with Gasteiger partial charge in [-0.2, -0.15) is 0 Å². The molecule has 115 valence electrons. The number of hydrogen-bond donors (Lipinski definition) is 1. The molecular weight excluding hydrogens is 272 g/mol. The van der Waals surface area contributed by atoms with Gasteiger partial charge in [0.1, 0.15) is 0 Å². The first-order valence-corrected chi connectivity index (χ1v) is 7.26. The second kappa shape index (κ2) is 7.83. The molecule has 0 bridgehead atoms. The molecular formula is C15H21N2O4. The van der Waals surface area contributed by atoms with Gasteiger partial charge in [0.05, 0.1) is 13.2 Å². The molecule has 1 radical (unpaired) electrons. The molecule has 1 saturated heterocycles. The molecule has 0 aliphatic carbocycles. The maximum Gasteiger partial charge on any atom is 0.289 e. The molecule has 2 heterocycles. The zero-order valence-electron chi connectivity index (χ0n) is 12.1. The molecule has 1 aliphatic heterocycles. The van der Waals surface area contributed by atoms with Gasteiger partial charge in [-0.15, -0.1) is 0 Å². The fraction of sp³-hybridized carbons (Fsp3) is 0.533. The number of ether oxygens (including phenoxy) is 1. The summed E-state index contributed by atoms with van der Waals surface area (Å²) in [5.74, 6) is 0.273. The molecule has 2 amide bonds. The summed E-state index contributed by atoms with van der Waals surface area (Å²) < 4.78 is 10.6. The number of amides is 2. The van der Waals surface area contributed by atoms with Crippen molar-refractivity contribution < 1.29 is 18.7 Å². The molecule has 0 aromatic carbocycles. The molecule has 1 fully saturated rings. The first-order chi connectivity index (χ1) is 10.2. The fourth-order valence-electron chi connectivity index (χ4n) is 2.10. The molecule has 2 rings (SSSR count). The molecule has 21 heavy (non-hydrogen) atoms. The average molecular weight is 293 g/mol. The number of nitrogens with one attached hydrogen (secondary N) is 1. The standard InChI is InChI=1S/C15H21N2O4/c1-2-3-4-5-13(18)16-14-7-6-12(21-14)15(19)17-8-10-20-11-9-17/h6-7H,1-5,8-11H2,(H,16,18). The Labute approximate surface area is 124 Å². The number of carbonyl (C=O) groups excluding carboxylic acids is 2. The van der Waals surface area contributed by atoms with E-state index in [2.05, 4.69) is 12.2 Å². The van der Waals surface area contributed by atoms with Crippen LogP contribution in [0.1, 0.15) is 36.2 Å². The minimum Gasteiger partial charge on any atom is -0.435 e. The van der Waals surface area contributed by atoms with Crippen LogP contribution in [-0.2, 0) is 9.53 Å². The number of hydrogen-bond acceptors (Lipinski definition) is 4. The zero-order valence-corrected chi connectivity index (χ0v) is 12.1. The van der Waals surface area contributed by atoms with E-state index in [-0.39, 0.29) is 17.6 Å². The topological polar surface area (TPSA) is 71.8 Å². The molecule has 1 N–H and O–H groups in total. The van der Waals surface area contributed by atoms with Crippen molar-refractivity contribution in [1.29, 1.82) is 0 Å². The molecule has 0 atom stereocenters. The Balaban J connectivity index is 1.85. The third-order valence-corrected chi connectivity index (χ3v) is 3.28. The number of anilines is 1. The van der Waals surface area contributed by atoms with Crippen LogP contribution in [0.2, 0.25) is 0 Å². The first-order valence-electron chi connectivity index (χ1n) is 7.26. The normalized spacial score (nSPS) is 15.0. The van der Waals surface area contributed by atoms with E-state index in [0.29, 0.717) is 38.6 Å². The Hall–Kier alpha value is -1.82. The van der Waals surface area contributed by atoms with Crippen LogP contribution >= 0.6 is 0 Å². The van der Waals surface area contributed by atoms with Gasteiger partial charge in [0.15, 0.2) is 11.6 Å². The number of nitrogens with zero attached hydrogens (tertiary/aromatic N) is 1. The van der Waals surface area contributed by atoms with E-state index in [0.717, 1.165) is 19.3 Å². The van der Waals surface area contributed by atoms with Gasteiger partial charge >= 0.3 is 0 Å². The van der Waals surface area contributed by atoms with Crippen molar-refractivity contribution >= 4 is 17.7 Å². The lowest BCUT2D eigenvalue weighted by Crippen LogP contribution is -2.40. The highest BCUT2D eigenvalue weighted by Gasteiger charge is 2.21. The lowest BCUT2D eigenvalue weighted by atomic mass is 10.2. The van der Waals surface area contributed by atoms with E-state index in [1.807, 2.05) is 0 Å². The molecule has 6 heteroatoms. The van der Waals surface area contributed by atoms with Crippen LogP contribution in [0.15, 0.2) is 16.5 Å². The molecule has 1 aromatic rings. The fourth-order valence-corrected chi connectivity index (χ4v) is 2.10. The lowest BCUT2D eigenvalue weighted by Gasteiger charge is -2.25. The first kappa shape index (κ1) is 15.6. The smallest absolute Gasteiger partial charge is 0.289 e. The maximum absolute atomic E-state index is 12.2. The van der Waals surface area contributed by atoms with E-state index in [4.69, 9.17) is 9.15 Å². The molecule has 0 saturated carbocycles. The molecule has 1 aromatic heterocycles.